The molecule has 1 fully saturated rings. The largest absolute Gasteiger partial charge is 0.380 e. The minimum atomic E-state index is -0.337. The first-order valence-corrected chi connectivity index (χ1v) is 7.57. The minimum absolute atomic E-state index is 0.337. The summed E-state index contributed by atoms with van der Waals surface area (Å²) < 4.78 is 5.12. The van der Waals surface area contributed by atoms with E-state index in [1.807, 2.05) is 24.3 Å². The maximum absolute atomic E-state index is 12.0. The maximum atomic E-state index is 12.0. The van der Waals surface area contributed by atoms with Crippen molar-refractivity contribution in [3.63, 3.8) is 0 Å². The molecule has 1 saturated heterocycles. The number of amidine groups is 1. The van der Waals surface area contributed by atoms with Crippen molar-refractivity contribution in [3.8, 4) is 0 Å². The molecule has 1 aliphatic rings. The van der Waals surface area contributed by atoms with Crippen LogP contribution in [-0.2, 0) is 11.3 Å². The predicted molar refractivity (Wildman–Crippen MR) is 83.3 cm³/mol. The lowest BCUT2D eigenvalue weighted by Gasteiger charge is -2.14. The molecule has 2 rings (SSSR count). The van der Waals surface area contributed by atoms with E-state index < -0.39 is 0 Å². The van der Waals surface area contributed by atoms with Crippen LogP contribution in [0, 0.1) is 0 Å². The summed E-state index contributed by atoms with van der Waals surface area (Å²) >= 11 is 1.62. The molecule has 1 aliphatic heterocycles. The van der Waals surface area contributed by atoms with Crippen LogP contribution in [0.2, 0.25) is 0 Å². The molecule has 0 atom stereocenters. The molecule has 1 N–H and O–H groups in total. The summed E-state index contributed by atoms with van der Waals surface area (Å²) in [6.07, 6.45) is 0. The van der Waals surface area contributed by atoms with Crippen LogP contribution in [0.3, 0.4) is 0 Å². The molecule has 0 bridgehead atoms. The Morgan fingerprint density at radius 3 is 3.05 bits per heavy atom. The molecular weight excluding hydrogens is 274 g/mol. The van der Waals surface area contributed by atoms with Gasteiger partial charge in [0.05, 0.1) is 6.61 Å². The van der Waals surface area contributed by atoms with Gasteiger partial charge in [-0.3, -0.25) is 0 Å². The summed E-state index contributed by atoms with van der Waals surface area (Å²) in [6.45, 7) is 4.35. The van der Waals surface area contributed by atoms with Crippen molar-refractivity contribution in [2.45, 2.75) is 13.5 Å². The van der Waals surface area contributed by atoms with Gasteiger partial charge in [0.1, 0.15) is 0 Å². The molecule has 0 aromatic heterocycles. The van der Waals surface area contributed by atoms with Crippen LogP contribution < -0.4 is 5.32 Å². The molecule has 108 valence electrons. The molecule has 0 spiro atoms. The van der Waals surface area contributed by atoms with Gasteiger partial charge in [0.2, 0.25) is 0 Å². The van der Waals surface area contributed by atoms with Crippen molar-refractivity contribution in [2.75, 3.05) is 31.3 Å². The molecule has 1 aromatic carbocycles. The minimum Gasteiger partial charge on any atom is -0.380 e. The number of aliphatic imine (C=N–C) groups is 1. The van der Waals surface area contributed by atoms with Gasteiger partial charge in [-0.1, -0.05) is 30.0 Å². The highest BCUT2D eigenvalue weighted by Gasteiger charge is 2.19. The Bertz CT molecular complexity index is 505. The SMILES string of the molecule is CCN1CCS/C1=N\C(=O)Nc1ccccc1COC. The predicted octanol–water partition coefficient (Wildman–Crippen LogP) is 2.79. The number of urea groups is 1. The van der Waals surface area contributed by atoms with Gasteiger partial charge in [0.15, 0.2) is 5.17 Å². The van der Waals surface area contributed by atoms with E-state index >= 15 is 0 Å². The summed E-state index contributed by atoms with van der Waals surface area (Å²) in [5.74, 6) is 0.986. The number of carbonyl (C=O) groups excluding carboxylic acids is 1. The number of rotatable bonds is 4. The van der Waals surface area contributed by atoms with Crippen LogP contribution in [0.5, 0.6) is 0 Å². The summed E-state index contributed by atoms with van der Waals surface area (Å²) in [4.78, 5) is 18.2. The van der Waals surface area contributed by atoms with E-state index in [1.165, 1.54) is 0 Å². The number of thioether (sulfide) groups is 1. The number of nitrogens with one attached hydrogen (secondary N) is 1. The molecule has 2 amide bonds. The third kappa shape index (κ3) is 3.74. The number of anilines is 1. The third-order valence-electron chi connectivity index (χ3n) is 3.00. The Balaban J connectivity index is 2.06. The Kier molecular flexibility index (Phi) is 5.43. The Hall–Kier alpha value is -1.53. The number of nitrogens with zero attached hydrogens (tertiary/aromatic N) is 2. The van der Waals surface area contributed by atoms with E-state index in [4.69, 9.17) is 4.74 Å². The van der Waals surface area contributed by atoms with Gasteiger partial charge in [0, 0.05) is 37.2 Å². The van der Waals surface area contributed by atoms with Crippen molar-refractivity contribution in [2.24, 2.45) is 4.99 Å². The van der Waals surface area contributed by atoms with Crippen LogP contribution in [-0.4, -0.2) is 42.1 Å². The molecule has 20 heavy (non-hydrogen) atoms. The normalized spacial score (nSPS) is 16.7. The molecule has 0 unspecified atom stereocenters. The first kappa shape index (κ1) is 14.9. The van der Waals surface area contributed by atoms with Gasteiger partial charge in [0.25, 0.3) is 0 Å². The van der Waals surface area contributed by atoms with Crippen LogP contribution in [0.4, 0.5) is 10.5 Å². The lowest BCUT2D eigenvalue weighted by Crippen LogP contribution is -2.25. The van der Waals surface area contributed by atoms with Crippen LogP contribution in [0.1, 0.15) is 12.5 Å². The molecular formula is C14H19N3O2S. The highest BCUT2D eigenvalue weighted by Crippen LogP contribution is 2.19. The number of amides is 2. The lowest BCUT2D eigenvalue weighted by molar-refractivity contribution is 0.185. The first-order chi connectivity index (χ1) is 9.74. The molecule has 1 aromatic rings. The average Bonchev–Trinajstić information content (AvgIpc) is 2.88. The molecule has 5 nitrogen and oxygen atoms in total. The summed E-state index contributed by atoms with van der Waals surface area (Å²) in [5.41, 5.74) is 1.68. The van der Waals surface area contributed by atoms with Gasteiger partial charge >= 0.3 is 6.03 Å². The van der Waals surface area contributed by atoms with Crippen LogP contribution >= 0.6 is 11.8 Å². The number of carbonyl (C=O) groups is 1. The number of hydrogen-bond donors (Lipinski definition) is 1. The highest BCUT2D eigenvalue weighted by molar-refractivity contribution is 8.14. The second-order valence-corrected chi connectivity index (χ2v) is 5.40. The zero-order chi connectivity index (χ0) is 14.4. The summed E-state index contributed by atoms with van der Waals surface area (Å²) in [7, 11) is 1.63. The quantitative estimate of drug-likeness (QED) is 0.927. The second-order valence-electron chi connectivity index (χ2n) is 4.34. The van der Waals surface area contributed by atoms with E-state index in [1.54, 1.807) is 18.9 Å². The van der Waals surface area contributed by atoms with Crippen molar-refractivity contribution in [1.29, 1.82) is 0 Å². The summed E-state index contributed by atoms with van der Waals surface area (Å²) in [5, 5.41) is 3.62. The average molecular weight is 293 g/mol. The van der Waals surface area contributed by atoms with Gasteiger partial charge < -0.3 is 15.0 Å². The summed E-state index contributed by atoms with van der Waals surface area (Å²) in [6, 6.07) is 7.24. The third-order valence-corrected chi connectivity index (χ3v) is 3.99. The smallest absolute Gasteiger partial charge is 0.347 e. The highest BCUT2D eigenvalue weighted by atomic mass is 32.2. The number of benzene rings is 1. The van der Waals surface area contributed by atoms with Crippen LogP contribution in [0.25, 0.3) is 0 Å². The molecule has 6 heteroatoms. The molecule has 0 saturated carbocycles. The lowest BCUT2D eigenvalue weighted by atomic mass is 10.2. The Labute approximate surface area is 123 Å². The van der Waals surface area contributed by atoms with E-state index in [-0.39, 0.29) is 6.03 Å². The van der Waals surface area contributed by atoms with Gasteiger partial charge in [-0.15, -0.1) is 0 Å². The maximum Gasteiger partial charge on any atom is 0.347 e. The van der Waals surface area contributed by atoms with Gasteiger partial charge in [-0.05, 0) is 13.0 Å². The zero-order valence-corrected chi connectivity index (χ0v) is 12.6. The van der Waals surface area contributed by atoms with Crippen molar-refractivity contribution < 1.29 is 9.53 Å². The Morgan fingerprint density at radius 2 is 2.30 bits per heavy atom. The van der Waals surface area contributed by atoms with E-state index in [2.05, 4.69) is 22.1 Å². The Morgan fingerprint density at radius 1 is 1.50 bits per heavy atom. The zero-order valence-electron chi connectivity index (χ0n) is 11.8. The molecule has 1 heterocycles. The fourth-order valence-corrected chi connectivity index (χ4v) is 3.03. The van der Waals surface area contributed by atoms with Gasteiger partial charge in [-0.25, -0.2) is 4.79 Å². The fraction of sp³-hybridized carbons (Fsp3) is 0.429. The van der Waals surface area contributed by atoms with E-state index in [0.717, 1.165) is 35.3 Å². The van der Waals surface area contributed by atoms with E-state index in [0.29, 0.717) is 6.61 Å². The van der Waals surface area contributed by atoms with Gasteiger partial charge in [-0.2, -0.15) is 4.99 Å². The number of methoxy groups -OCH3 is 1. The van der Waals surface area contributed by atoms with Crippen LogP contribution in [0.15, 0.2) is 29.3 Å². The second kappa shape index (κ2) is 7.31. The monoisotopic (exact) mass is 293 g/mol. The molecule has 0 aliphatic carbocycles. The molecule has 0 radical (unpaired) electrons. The fourth-order valence-electron chi connectivity index (χ4n) is 1.98. The van der Waals surface area contributed by atoms with Crippen molar-refractivity contribution in [1.82, 2.24) is 4.90 Å². The van der Waals surface area contributed by atoms with Crippen molar-refractivity contribution in [3.05, 3.63) is 29.8 Å². The number of hydrogen-bond acceptors (Lipinski definition) is 3. The first-order valence-electron chi connectivity index (χ1n) is 6.59. The number of ether oxygens (including phenoxy) is 1. The number of para-hydroxylation sites is 1. The van der Waals surface area contributed by atoms with Crippen molar-refractivity contribution >= 4 is 28.6 Å². The van der Waals surface area contributed by atoms with E-state index in [9.17, 15) is 4.79 Å². The standard InChI is InChI=1S/C14H19N3O2S/c1-3-17-8-9-20-14(17)16-13(18)15-12-7-5-4-6-11(12)10-19-2/h4-7H,3,8-10H2,1-2H3,(H,15,18)/b16-14-. The topological polar surface area (TPSA) is 53.9 Å².